The normalized spacial score (nSPS) is 20.1. The summed E-state index contributed by atoms with van der Waals surface area (Å²) in [6.45, 7) is 5.58. The second-order valence-electron chi connectivity index (χ2n) is 4.78. The molecule has 1 aromatic rings. The molecule has 0 bridgehead atoms. The van der Waals surface area contributed by atoms with Crippen LogP contribution in [-0.4, -0.2) is 49.9 Å². The lowest BCUT2D eigenvalue weighted by Crippen LogP contribution is -2.44. The van der Waals surface area contributed by atoms with Gasteiger partial charge in [0.25, 0.3) is 0 Å². The standard InChI is InChI=1S/C12H18ClN3O3S/c1-3-20(17,18)8-10-6-11(15-12(13)14-10)16-4-5-19-7-9(16)2/h6,9H,3-5,7-8H2,1-2H3/t9-/m0/s1. The van der Waals surface area contributed by atoms with E-state index in [1.807, 2.05) is 6.92 Å². The van der Waals surface area contributed by atoms with Crippen LogP contribution in [0.3, 0.4) is 0 Å². The zero-order chi connectivity index (χ0) is 14.8. The summed E-state index contributed by atoms with van der Waals surface area (Å²) in [6.07, 6.45) is 0. The van der Waals surface area contributed by atoms with Crippen molar-refractivity contribution in [1.82, 2.24) is 9.97 Å². The second kappa shape index (κ2) is 6.24. The Morgan fingerprint density at radius 3 is 2.90 bits per heavy atom. The second-order valence-corrected chi connectivity index (χ2v) is 7.47. The lowest BCUT2D eigenvalue weighted by molar-refractivity contribution is 0.0985. The van der Waals surface area contributed by atoms with E-state index in [1.54, 1.807) is 13.0 Å². The van der Waals surface area contributed by atoms with Crippen molar-refractivity contribution >= 4 is 27.3 Å². The summed E-state index contributed by atoms with van der Waals surface area (Å²) in [5.41, 5.74) is 0.431. The van der Waals surface area contributed by atoms with E-state index in [4.69, 9.17) is 16.3 Å². The first kappa shape index (κ1) is 15.5. The number of nitrogens with zero attached hydrogens (tertiary/aromatic N) is 3. The molecule has 0 spiro atoms. The van der Waals surface area contributed by atoms with E-state index >= 15 is 0 Å². The number of morpholine rings is 1. The Morgan fingerprint density at radius 2 is 2.25 bits per heavy atom. The SMILES string of the molecule is CCS(=O)(=O)Cc1cc(N2CCOC[C@@H]2C)nc(Cl)n1. The fourth-order valence-corrected chi connectivity index (χ4v) is 3.07. The van der Waals surface area contributed by atoms with Gasteiger partial charge in [-0.25, -0.2) is 18.4 Å². The highest BCUT2D eigenvalue weighted by molar-refractivity contribution is 7.90. The van der Waals surface area contributed by atoms with Crippen molar-refractivity contribution in [2.45, 2.75) is 25.6 Å². The summed E-state index contributed by atoms with van der Waals surface area (Å²) in [5, 5.41) is 0.0718. The summed E-state index contributed by atoms with van der Waals surface area (Å²) in [6, 6.07) is 1.87. The Hall–Kier alpha value is -0.920. The van der Waals surface area contributed by atoms with Gasteiger partial charge in [0.15, 0.2) is 9.84 Å². The average molecular weight is 320 g/mol. The zero-order valence-electron chi connectivity index (χ0n) is 11.5. The Bertz CT molecular complexity index is 579. The lowest BCUT2D eigenvalue weighted by Gasteiger charge is -2.34. The first-order valence-electron chi connectivity index (χ1n) is 6.49. The molecule has 1 saturated heterocycles. The molecule has 1 aromatic heterocycles. The maximum absolute atomic E-state index is 11.7. The summed E-state index contributed by atoms with van der Waals surface area (Å²) < 4.78 is 28.8. The molecule has 8 heteroatoms. The van der Waals surface area contributed by atoms with E-state index in [9.17, 15) is 8.42 Å². The van der Waals surface area contributed by atoms with Crippen LogP contribution < -0.4 is 4.90 Å². The molecule has 2 heterocycles. The first-order valence-corrected chi connectivity index (χ1v) is 8.69. The minimum absolute atomic E-state index is 0.0718. The van der Waals surface area contributed by atoms with Crippen molar-refractivity contribution in [3.05, 3.63) is 17.0 Å². The van der Waals surface area contributed by atoms with Crippen LogP contribution in [0.2, 0.25) is 5.28 Å². The fraction of sp³-hybridized carbons (Fsp3) is 0.667. The molecule has 0 saturated carbocycles. The number of rotatable bonds is 4. The summed E-state index contributed by atoms with van der Waals surface area (Å²) in [4.78, 5) is 10.3. The molecule has 1 aliphatic heterocycles. The van der Waals surface area contributed by atoms with E-state index in [1.165, 1.54) is 0 Å². The molecule has 0 unspecified atom stereocenters. The van der Waals surface area contributed by atoms with E-state index in [2.05, 4.69) is 14.9 Å². The smallest absolute Gasteiger partial charge is 0.224 e. The molecule has 0 aromatic carbocycles. The number of aromatic nitrogens is 2. The maximum atomic E-state index is 11.7. The first-order chi connectivity index (χ1) is 9.41. The van der Waals surface area contributed by atoms with Gasteiger partial charge in [0, 0.05) is 18.4 Å². The molecule has 0 aliphatic carbocycles. The molecular formula is C12H18ClN3O3S. The van der Waals surface area contributed by atoms with Crippen molar-refractivity contribution in [1.29, 1.82) is 0 Å². The maximum Gasteiger partial charge on any atom is 0.224 e. The molecule has 1 fully saturated rings. The van der Waals surface area contributed by atoms with Crippen LogP contribution >= 0.6 is 11.6 Å². The Balaban J connectivity index is 2.28. The van der Waals surface area contributed by atoms with E-state index < -0.39 is 9.84 Å². The Kier molecular flexibility index (Phi) is 4.82. The third-order valence-electron chi connectivity index (χ3n) is 3.21. The molecule has 1 atom stereocenters. The quantitative estimate of drug-likeness (QED) is 0.779. The van der Waals surface area contributed by atoms with Crippen molar-refractivity contribution in [3.8, 4) is 0 Å². The van der Waals surface area contributed by atoms with Gasteiger partial charge in [-0.1, -0.05) is 6.92 Å². The molecule has 112 valence electrons. The average Bonchev–Trinajstić information content (AvgIpc) is 2.38. The van der Waals surface area contributed by atoms with Crippen LogP contribution in [0.4, 0.5) is 5.82 Å². The number of sulfone groups is 1. The van der Waals surface area contributed by atoms with Crippen molar-refractivity contribution in [2.24, 2.45) is 0 Å². The number of hydrogen-bond donors (Lipinski definition) is 0. The van der Waals surface area contributed by atoms with Crippen LogP contribution in [0.25, 0.3) is 0 Å². The van der Waals surface area contributed by atoms with Crippen molar-refractivity contribution in [2.75, 3.05) is 30.4 Å². The molecule has 20 heavy (non-hydrogen) atoms. The molecule has 0 N–H and O–H groups in total. The molecular weight excluding hydrogens is 302 g/mol. The summed E-state index contributed by atoms with van der Waals surface area (Å²) in [5.74, 6) is 0.622. The van der Waals surface area contributed by atoms with Crippen molar-refractivity contribution in [3.63, 3.8) is 0 Å². The minimum Gasteiger partial charge on any atom is -0.377 e. The van der Waals surface area contributed by atoms with Gasteiger partial charge in [-0.15, -0.1) is 0 Å². The van der Waals surface area contributed by atoms with E-state index in [0.717, 1.165) is 0 Å². The highest BCUT2D eigenvalue weighted by Gasteiger charge is 2.22. The zero-order valence-corrected chi connectivity index (χ0v) is 13.1. The van der Waals surface area contributed by atoms with Gasteiger partial charge in [-0.3, -0.25) is 0 Å². The van der Waals surface area contributed by atoms with Crippen molar-refractivity contribution < 1.29 is 13.2 Å². The lowest BCUT2D eigenvalue weighted by atomic mass is 10.2. The predicted molar refractivity (Wildman–Crippen MR) is 77.8 cm³/mol. The van der Waals surface area contributed by atoms with Crippen LogP contribution in [-0.2, 0) is 20.3 Å². The van der Waals surface area contributed by atoms with Gasteiger partial charge in [-0.2, -0.15) is 0 Å². The number of ether oxygens (including phenoxy) is 1. The number of hydrogen-bond acceptors (Lipinski definition) is 6. The van der Waals surface area contributed by atoms with E-state index in [-0.39, 0.29) is 22.8 Å². The highest BCUT2D eigenvalue weighted by atomic mass is 35.5. The van der Waals surface area contributed by atoms with Gasteiger partial charge >= 0.3 is 0 Å². The Labute approximate surface area is 124 Å². The topological polar surface area (TPSA) is 72.4 Å². The minimum atomic E-state index is -3.14. The van der Waals surface area contributed by atoms with Crippen LogP contribution in [0.15, 0.2) is 6.07 Å². The molecule has 0 radical (unpaired) electrons. The largest absolute Gasteiger partial charge is 0.377 e. The summed E-state index contributed by atoms with van der Waals surface area (Å²) in [7, 11) is -3.14. The third kappa shape index (κ3) is 3.80. The molecule has 0 amide bonds. The molecule has 2 rings (SSSR count). The van der Waals surface area contributed by atoms with Gasteiger partial charge in [0.1, 0.15) is 5.82 Å². The molecule has 1 aliphatic rings. The van der Waals surface area contributed by atoms with Crippen LogP contribution in [0.1, 0.15) is 19.5 Å². The number of anilines is 1. The van der Waals surface area contributed by atoms with Gasteiger partial charge in [0.05, 0.1) is 30.7 Å². The summed E-state index contributed by atoms with van der Waals surface area (Å²) >= 11 is 5.91. The van der Waals surface area contributed by atoms with Gasteiger partial charge < -0.3 is 9.64 Å². The van der Waals surface area contributed by atoms with Crippen LogP contribution in [0.5, 0.6) is 0 Å². The monoisotopic (exact) mass is 319 g/mol. The van der Waals surface area contributed by atoms with Crippen LogP contribution in [0, 0.1) is 0 Å². The fourth-order valence-electron chi connectivity index (χ4n) is 2.07. The number of halogens is 1. The van der Waals surface area contributed by atoms with Gasteiger partial charge in [-0.05, 0) is 18.5 Å². The highest BCUT2D eigenvalue weighted by Crippen LogP contribution is 2.21. The van der Waals surface area contributed by atoms with Gasteiger partial charge in [0.2, 0.25) is 5.28 Å². The predicted octanol–water partition coefficient (Wildman–Crippen LogP) is 1.29. The van der Waals surface area contributed by atoms with E-state index in [0.29, 0.717) is 31.3 Å². The Morgan fingerprint density at radius 1 is 1.50 bits per heavy atom. The third-order valence-corrected chi connectivity index (χ3v) is 4.99. The molecule has 6 nitrogen and oxygen atoms in total.